The van der Waals surface area contributed by atoms with Crippen molar-refractivity contribution in [2.45, 2.75) is 6.54 Å². The van der Waals surface area contributed by atoms with Gasteiger partial charge in [0.25, 0.3) is 0 Å². The summed E-state index contributed by atoms with van der Waals surface area (Å²) in [5, 5.41) is 0.791. The minimum absolute atomic E-state index is 0.301. The fourth-order valence-electron chi connectivity index (χ4n) is 2.00. The Kier molecular flexibility index (Phi) is 6.25. The van der Waals surface area contributed by atoms with Crippen LogP contribution in [0.2, 0.25) is 10.0 Å². The molecule has 0 aliphatic carbocycles. The summed E-state index contributed by atoms with van der Waals surface area (Å²) in [5.74, 6) is -0.435. The van der Waals surface area contributed by atoms with Crippen LogP contribution in [0.1, 0.15) is 15.9 Å². The molecule has 0 saturated carbocycles. The van der Waals surface area contributed by atoms with Gasteiger partial charge in [0.15, 0.2) is 0 Å². The van der Waals surface area contributed by atoms with Gasteiger partial charge in [-0.2, -0.15) is 0 Å². The third kappa shape index (κ3) is 5.02. The van der Waals surface area contributed by atoms with Gasteiger partial charge in [-0.1, -0.05) is 53.5 Å². The minimum Gasteiger partial charge on any atom is -0.461 e. The van der Waals surface area contributed by atoms with Crippen LogP contribution in [0.5, 0.6) is 0 Å². The monoisotopic (exact) mass is 337 g/mol. The number of halogens is 2. The van der Waals surface area contributed by atoms with E-state index in [1.807, 2.05) is 25.2 Å². The zero-order chi connectivity index (χ0) is 15.9. The molecule has 22 heavy (non-hydrogen) atoms. The van der Waals surface area contributed by atoms with Gasteiger partial charge in [0.2, 0.25) is 0 Å². The van der Waals surface area contributed by atoms with E-state index in [1.54, 1.807) is 12.1 Å². The number of carbonyl (C=O) groups excluding carboxylic acids is 1. The van der Waals surface area contributed by atoms with Crippen LogP contribution in [0.3, 0.4) is 0 Å². The molecule has 0 N–H and O–H groups in total. The Morgan fingerprint density at radius 3 is 2.55 bits per heavy atom. The second-order valence-corrected chi connectivity index (χ2v) is 5.83. The zero-order valence-electron chi connectivity index (χ0n) is 12.3. The van der Waals surface area contributed by atoms with Crippen LogP contribution >= 0.6 is 23.2 Å². The molecule has 0 fully saturated rings. The van der Waals surface area contributed by atoms with Crippen LogP contribution in [-0.4, -0.2) is 31.1 Å². The lowest BCUT2D eigenvalue weighted by Crippen LogP contribution is -2.24. The van der Waals surface area contributed by atoms with Crippen LogP contribution < -0.4 is 0 Å². The fraction of sp³-hybridized carbons (Fsp3) is 0.235. The van der Waals surface area contributed by atoms with E-state index in [2.05, 4.69) is 17.0 Å². The Bertz CT molecular complexity index is 632. The minimum atomic E-state index is -0.435. The Morgan fingerprint density at radius 2 is 1.86 bits per heavy atom. The highest BCUT2D eigenvalue weighted by molar-refractivity contribution is 6.36. The summed E-state index contributed by atoms with van der Waals surface area (Å²) < 4.78 is 5.25. The van der Waals surface area contributed by atoms with Crippen LogP contribution in [0.15, 0.2) is 48.5 Å². The molecule has 0 aliphatic rings. The Morgan fingerprint density at radius 1 is 1.14 bits per heavy atom. The van der Waals surface area contributed by atoms with Gasteiger partial charge in [0.05, 0.1) is 10.6 Å². The lowest BCUT2D eigenvalue weighted by atomic mass is 10.2. The van der Waals surface area contributed by atoms with Crippen molar-refractivity contribution >= 4 is 29.2 Å². The fourth-order valence-corrected chi connectivity index (χ4v) is 2.49. The normalized spacial score (nSPS) is 10.7. The van der Waals surface area contributed by atoms with Crippen molar-refractivity contribution in [2.24, 2.45) is 0 Å². The standard InChI is InChI=1S/C17H17Cl2NO2/c1-20(12-13-5-3-2-4-6-13)9-10-22-17(21)15-8-7-14(18)11-16(15)19/h2-8,11H,9-10,12H2,1H3. The van der Waals surface area contributed by atoms with Crippen LogP contribution in [0.25, 0.3) is 0 Å². The first kappa shape index (κ1) is 16.8. The first-order valence-corrected chi connectivity index (χ1v) is 7.66. The Hall–Kier alpha value is -1.55. The third-order valence-electron chi connectivity index (χ3n) is 3.15. The van der Waals surface area contributed by atoms with Crippen molar-refractivity contribution in [3.8, 4) is 0 Å². The van der Waals surface area contributed by atoms with Crippen molar-refractivity contribution in [3.63, 3.8) is 0 Å². The van der Waals surface area contributed by atoms with Gasteiger partial charge in [0, 0.05) is 18.1 Å². The first-order chi connectivity index (χ1) is 10.6. The van der Waals surface area contributed by atoms with E-state index in [9.17, 15) is 4.79 Å². The summed E-state index contributed by atoms with van der Waals surface area (Å²) >= 11 is 11.8. The Balaban J connectivity index is 1.79. The van der Waals surface area contributed by atoms with E-state index in [0.29, 0.717) is 28.8 Å². The molecule has 0 aromatic heterocycles. The second kappa shape index (κ2) is 8.18. The number of rotatable bonds is 6. The number of esters is 1. The lowest BCUT2D eigenvalue weighted by Gasteiger charge is -2.16. The number of ether oxygens (including phenoxy) is 1. The summed E-state index contributed by atoms with van der Waals surface area (Å²) in [4.78, 5) is 14.0. The molecular weight excluding hydrogens is 321 g/mol. The predicted molar refractivity (Wildman–Crippen MR) is 89.5 cm³/mol. The van der Waals surface area contributed by atoms with E-state index >= 15 is 0 Å². The first-order valence-electron chi connectivity index (χ1n) is 6.91. The van der Waals surface area contributed by atoms with Gasteiger partial charge in [-0.3, -0.25) is 4.90 Å². The number of likely N-dealkylation sites (N-methyl/N-ethyl adjacent to an activating group) is 1. The van der Waals surface area contributed by atoms with E-state index in [1.165, 1.54) is 11.6 Å². The van der Waals surface area contributed by atoms with Gasteiger partial charge in [0.1, 0.15) is 6.61 Å². The molecule has 0 atom stereocenters. The number of nitrogens with zero attached hydrogens (tertiary/aromatic N) is 1. The number of hydrogen-bond donors (Lipinski definition) is 0. The van der Waals surface area contributed by atoms with Crippen molar-refractivity contribution in [1.29, 1.82) is 0 Å². The SMILES string of the molecule is CN(CCOC(=O)c1ccc(Cl)cc1Cl)Cc1ccccc1. The molecule has 3 nitrogen and oxygen atoms in total. The molecular formula is C17H17Cl2NO2. The van der Waals surface area contributed by atoms with Gasteiger partial charge in [-0.05, 0) is 30.8 Å². The highest BCUT2D eigenvalue weighted by Crippen LogP contribution is 2.21. The quantitative estimate of drug-likeness (QED) is 0.736. The summed E-state index contributed by atoms with van der Waals surface area (Å²) in [6.07, 6.45) is 0. The summed E-state index contributed by atoms with van der Waals surface area (Å²) in [7, 11) is 1.98. The Labute approximate surface area is 140 Å². The molecule has 5 heteroatoms. The lowest BCUT2D eigenvalue weighted by molar-refractivity contribution is 0.0471. The maximum atomic E-state index is 11.9. The van der Waals surface area contributed by atoms with E-state index in [4.69, 9.17) is 27.9 Å². The largest absolute Gasteiger partial charge is 0.461 e. The maximum Gasteiger partial charge on any atom is 0.339 e. The third-order valence-corrected chi connectivity index (χ3v) is 3.70. The molecule has 0 heterocycles. The van der Waals surface area contributed by atoms with Crippen molar-refractivity contribution in [2.75, 3.05) is 20.2 Å². The van der Waals surface area contributed by atoms with E-state index in [-0.39, 0.29) is 0 Å². The predicted octanol–water partition coefficient (Wildman–Crippen LogP) is 4.28. The topological polar surface area (TPSA) is 29.5 Å². The number of benzene rings is 2. The average molecular weight is 338 g/mol. The maximum absolute atomic E-state index is 11.9. The van der Waals surface area contributed by atoms with Crippen LogP contribution in [0.4, 0.5) is 0 Å². The number of hydrogen-bond acceptors (Lipinski definition) is 3. The molecule has 0 unspecified atom stereocenters. The van der Waals surface area contributed by atoms with Crippen molar-refractivity contribution in [3.05, 3.63) is 69.7 Å². The smallest absolute Gasteiger partial charge is 0.339 e. The van der Waals surface area contributed by atoms with Gasteiger partial charge < -0.3 is 4.74 Å². The van der Waals surface area contributed by atoms with Gasteiger partial charge in [-0.15, -0.1) is 0 Å². The molecule has 0 spiro atoms. The molecule has 116 valence electrons. The molecule has 0 saturated heterocycles. The molecule has 2 rings (SSSR count). The molecule has 0 bridgehead atoms. The van der Waals surface area contributed by atoms with Gasteiger partial charge in [-0.25, -0.2) is 4.79 Å². The molecule has 0 aliphatic heterocycles. The van der Waals surface area contributed by atoms with E-state index in [0.717, 1.165) is 6.54 Å². The molecule has 2 aromatic rings. The summed E-state index contributed by atoms with van der Waals surface area (Å²) in [5.41, 5.74) is 1.55. The zero-order valence-corrected chi connectivity index (χ0v) is 13.8. The second-order valence-electron chi connectivity index (χ2n) is 4.98. The summed E-state index contributed by atoms with van der Waals surface area (Å²) in [6, 6.07) is 14.8. The van der Waals surface area contributed by atoms with Crippen molar-refractivity contribution in [1.82, 2.24) is 4.90 Å². The van der Waals surface area contributed by atoms with Crippen LogP contribution in [-0.2, 0) is 11.3 Å². The number of carbonyl (C=O) groups is 1. The average Bonchev–Trinajstić information content (AvgIpc) is 2.48. The molecule has 2 aromatic carbocycles. The molecule has 0 amide bonds. The molecule has 0 radical (unpaired) electrons. The van der Waals surface area contributed by atoms with Crippen LogP contribution in [0, 0.1) is 0 Å². The van der Waals surface area contributed by atoms with Gasteiger partial charge >= 0.3 is 5.97 Å². The highest BCUT2D eigenvalue weighted by Gasteiger charge is 2.12. The highest BCUT2D eigenvalue weighted by atomic mass is 35.5. The van der Waals surface area contributed by atoms with E-state index < -0.39 is 5.97 Å². The van der Waals surface area contributed by atoms with Crippen molar-refractivity contribution < 1.29 is 9.53 Å². The summed E-state index contributed by atoms with van der Waals surface area (Å²) in [6.45, 7) is 1.76.